The molecule has 7 nitrogen and oxygen atoms in total. The number of carbonyl (C=O) groups excluding carboxylic acids is 1. The van der Waals surface area contributed by atoms with Crippen LogP contribution in [-0.4, -0.2) is 65.6 Å². The van der Waals surface area contributed by atoms with Crippen LogP contribution in [0.25, 0.3) is 5.57 Å². The van der Waals surface area contributed by atoms with Gasteiger partial charge in [0, 0.05) is 49.1 Å². The predicted octanol–water partition coefficient (Wildman–Crippen LogP) is 3.14. The van der Waals surface area contributed by atoms with Gasteiger partial charge in [-0.25, -0.2) is 0 Å². The van der Waals surface area contributed by atoms with Crippen LogP contribution >= 0.6 is 23.2 Å². The second-order valence-corrected chi connectivity index (χ2v) is 9.09. The SMILES string of the molecule is O=C(NC[C@@H](O)CN1CCC(Oc2ccc(Cl)c(Cl)c2)CC1)C1=CC(O)Nc2ccccc21. The summed E-state index contributed by atoms with van der Waals surface area (Å²) in [7, 11) is 0. The van der Waals surface area contributed by atoms with E-state index in [0.29, 0.717) is 33.6 Å². The molecule has 4 N–H and O–H groups in total. The molecular weight excluding hydrogens is 465 g/mol. The van der Waals surface area contributed by atoms with Crippen LogP contribution in [0, 0.1) is 0 Å². The van der Waals surface area contributed by atoms with Gasteiger partial charge in [0.05, 0.1) is 16.1 Å². The van der Waals surface area contributed by atoms with E-state index in [4.69, 9.17) is 27.9 Å². The highest BCUT2D eigenvalue weighted by Crippen LogP contribution is 2.29. The molecule has 2 aromatic carbocycles. The van der Waals surface area contributed by atoms with E-state index >= 15 is 0 Å². The summed E-state index contributed by atoms with van der Waals surface area (Å²) in [5.41, 5.74) is 1.81. The third-order valence-electron chi connectivity index (χ3n) is 5.79. The number of hydrogen-bond acceptors (Lipinski definition) is 6. The number of anilines is 1. The maximum Gasteiger partial charge on any atom is 0.251 e. The number of rotatable bonds is 7. The molecule has 1 saturated heterocycles. The lowest BCUT2D eigenvalue weighted by atomic mass is 9.99. The summed E-state index contributed by atoms with van der Waals surface area (Å²) in [6.07, 6.45) is 1.57. The number of aliphatic hydroxyl groups is 2. The number of nitrogens with zero attached hydrogens (tertiary/aromatic N) is 1. The van der Waals surface area contributed by atoms with E-state index in [1.807, 2.05) is 30.3 Å². The van der Waals surface area contributed by atoms with E-state index in [-0.39, 0.29) is 18.6 Å². The molecule has 33 heavy (non-hydrogen) atoms. The molecule has 2 heterocycles. The number of benzene rings is 2. The Hall–Kier alpha value is -2.29. The van der Waals surface area contributed by atoms with Gasteiger partial charge in [-0.15, -0.1) is 0 Å². The molecule has 1 fully saturated rings. The average Bonchev–Trinajstić information content (AvgIpc) is 2.80. The van der Waals surface area contributed by atoms with Crippen molar-refractivity contribution in [2.45, 2.75) is 31.3 Å². The molecule has 0 aromatic heterocycles. The first kappa shape index (κ1) is 23.9. The number of likely N-dealkylation sites (tertiary alicyclic amines) is 1. The molecule has 0 radical (unpaired) electrons. The van der Waals surface area contributed by atoms with Gasteiger partial charge in [0.25, 0.3) is 5.91 Å². The van der Waals surface area contributed by atoms with Crippen LogP contribution in [0.3, 0.4) is 0 Å². The molecule has 0 aliphatic carbocycles. The summed E-state index contributed by atoms with van der Waals surface area (Å²) in [5.74, 6) is 0.375. The molecule has 0 bridgehead atoms. The predicted molar refractivity (Wildman–Crippen MR) is 130 cm³/mol. The fraction of sp³-hybridized carbons (Fsp3) is 0.375. The lowest BCUT2D eigenvalue weighted by Gasteiger charge is -2.33. The van der Waals surface area contributed by atoms with Crippen molar-refractivity contribution in [3.05, 3.63) is 64.1 Å². The summed E-state index contributed by atoms with van der Waals surface area (Å²) < 4.78 is 6.01. The Morgan fingerprint density at radius 3 is 2.70 bits per heavy atom. The van der Waals surface area contributed by atoms with Gasteiger partial charge in [0.15, 0.2) is 0 Å². The van der Waals surface area contributed by atoms with E-state index in [9.17, 15) is 15.0 Å². The number of β-amino-alcohol motifs (C(OH)–C–C–N with tert-alkyl or cyclic N) is 1. The maximum atomic E-state index is 12.7. The molecule has 4 rings (SSSR count). The number of ether oxygens (including phenoxy) is 1. The van der Waals surface area contributed by atoms with Gasteiger partial charge in [-0.1, -0.05) is 41.4 Å². The molecule has 2 atom stereocenters. The van der Waals surface area contributed by atoms with Gasteiger partial charge < -0.3 is 30.5 Å². The summed E-state index contributed by atoms with van der Waals surface area (Å²) in [4.78, 5) is 14.8. The summed E-state index contributed by atoms with van der Waals surface area (Å²) in [6, 6.07) is 12.5. The quantitative estimate of drug-likeness (QED) is 0.475. The molecule has 176 valence electrons. The number of fused-ring (bicyclic) bond motifs is 1. The molecule has 0 spiro atoms. The lowest BCUT2D eigenvalue weighted by Crippen LogP contribution is -2.45. The smallest absolute Gasteiger partial charge is 0.251 e. The van der Waals surface area contributed by atoms with Crippen molar-refractivity contribution in [3.8, 4) is 5.75 Å². The molecule has 9 heteroatoms. The van der Waals surface area contributed by atoms with Crippen molar-refractivity contribution in [3.63, 3.8) is 0 Å². The number of aliphatic hydroxyl groups excluding tert-OH is 2. The Labute approximate surface area is 202 Å². The van der Waals surface area contributed by atoms with Gasteiger partial charge >= 0.3 is 0 Å². The van der Waals surface area contributed by atoms with Crippen LogP contribution in [0.2, 0.25) is 10.0 Å². The normalized spacial score (nSPS) is 19.8. The monoisotopic (exact) mass is 491 g/mol. The second kappa shape index (κ2) is 10.8. The van der Waals surface area contributed by atoms with Crippen molar-refractivity contribution in [2.24, 2.45) is 0 Å². The summed E-state index contributed by atoms with van der Waals surface area (Å²) >= 11 is 12.0. The van der Waals surface area contributed by atoms with Crippen LogP contribution in [0.5, 0.6) is 5.75 Å². The Kier molecular flexibility index (Phi) is 7.78. The minimum Gasteiger partial charge on any atom is -0.490 e. The zero-order valence-electron chi connectivity index (χ0n) is 18.0. The number of piperidine rings is 1. The Balaban J connectivity index is 1.22. The van der Waals surface area contributed by atoms with E-state index < -0.39 is 12.3 Å². The number of carbonyl (C=O) groups is 1. The topological polar surface area (TPSA) is 94.1 Å². The Bertz CT molecular complexity index is 1020. The highest BCUT2D eigenvalue weighted by Gasteiger charge is 2.24. The van der Waals surface area contributed by atoms with E-state index in [1.165, 1.54) is 6.08 Å². The lowest BCUT2D eigenvalue weighted by molar-refractivity contribution is -0.116. The Morgan fingerprint density at radius 1 is 1.18 bits per heavy atom. The van der Waals surface area contributed by atoms with E-state index in [2.05, 4.69) is 15.5 Å². The minimum absolute atomic E-state index is 0.0775. The van der Waals surface area contributed by atoms with Crippen molar-refractivity contribution < 1.29 is 19.7 Å². The second-order valence-electron chi connectivity index (χ2n) is 8.27. The minimum atomic E-state index is -0.932. The van der Waals surface area contributed by atoms with Crippen LogP contribution < -0.4 is 15.4 Å². The highest BCUT2D eigenvalue weighted by molar-refractivity contribution is 6.42. The Morgan fingerprint density at radius 2 is 1.94 bits per heavy atom. The van der Waals surface area contributed by atoms with E-state index in [1.54, 1.807) is 12.1 Å². The van der Waals surface area contributed by atoms with Crippen molar-refractivity contribution in [1.29, 1.82) is 0 Å². The number of nitrogens with one attached hydrogen (secondary N) is 2. The first-order valence-corrected chi connectivity index (χ1v) is 11.7. The molecule has 1 unspecified atom stereocenters. The standard InChI is InChI=1S/C24H27Cl2N3O4/c25-20-6-5-17(11-21(20)26)33-16-7-9-29(10-8-16)14-15(30)13-27-24(32)19-12-23(31)28-22-4-2-1-3-18(19)22/h1-6,11-12,15-16,23,28,30-31H,7-10,13-14H2,(H,27,32)/t15-,23?/m1/s1. The zero-order valence-corrected chi connectivity index (χ0v) is 19.5. The van der Waals surface area contributed by atoms with Gasteiger partial charge in [-0.3, -0.25) is 4.79 Å². The first-order chi connectivity index (χ1) is 15.9. The van der Waals surface area contributed by atoms with E-state index in [0.717, 1.165) is 31.5 Å². The summed E-state index contributed by atoms with van der Waals surface area (Å²) in [5, 5.41) is 27.1. The number of hydrogen-bond donors (Lipinski definition) is 4. The number of halogens is 2. The third kappa shape index (κ3) is 6.19. The maximum absolute atomic E-state index is 12.7. The highest BCUT2D eigenvalue weighted by atomic mass is 35.5. The van der Waals surface area contributed by atoms with Gasteiger partial charge in [-0.2, -0.15) is 0 Å². The number of para-hydroxylation sites is 1. The van der Waals surface area contributed by atoms with Crippen LogP contribution in [-0.2, 0) is 4.79 Å². The van der Waals surface area contributed by atoms with Crippen LogP contribution in [0.4, 0.5) is 5.69 Å². The zero-order chi connectivity index (χ0) is 23.4. The van der Waals surface area contributed by atoms with Crippen molar-refractivity contribution in [1.82, 2.24) is 10.2 Å². The fourth-order valence-electron chi connectivity index (χ4n) is 4.11. The molecule has 1 amide bonds. The average molecular weight is 492 g/mol. The van der Waals surface area contributed by atoms with Gasteiger partial charge in [0.1, 0.15) is 18.1 Å². The molecule has 2 aromatic rings. The largest absolute Gasteiger partial charge is 0.490 e. The molecule has 2 aliphatic rings. The molecular formula is C24H27Cl2N3O4. The van der Waals surface area contributed by atoms with Crippen LogP contribution in [0.1, 0.15) is 18.4 Å². The molecule has 0 saturated carbocycles. The number of amides is 1. The van der Waals surface area contributed by atoms with Crippen molar-refractivity contribution >= 4 is 40.4 Å². The first-order valence-electron chi connectivity index (χ1n) is 10.9. The summed E-state index contributed by atoms with van der Waals surface area (Å²) in [6.45, 7) is 2.15. The van der Waals surface area contributed by atoms with Crippen LogP contribution in [0.15, 0.2) is 48.5 Å². The fourth-order valence-corrected chi connectivity index (χ4v) is 4.40. The van der Waals surface area contributed by atoms with Crippen molar-refractivity contribution in [2.75, 3.05) is 31.5 Å². The van der Waals surface area contributed by atoms with Gasteiger partial charge in [-0.05, 0) is 37.1 Å². The third-order valence-corrected chi connectivity index (χ3v) is 6.52. The molecule has 2 aliphatic heterocycles. The van der Waals surface area contributed by atoms with Gasteiger partial charge in [0.2, 0.25) is 0 Å².